The second-order valence-electron chi connectivity index (χ2n) is 3.67. The SMILES string of the molecule is CC(CC(=O)Nc1cc(Cl)ccc1Cl)=NNC(N)=S. The molecule has 19 heavy (non-hydrogen) atoms. The lowest BCUT2D eigenvalue weighted by atomic mass is 10.2. The molecule has 0 unspecified atom stereocenters. The maximum atomic E-state index is 11.7. The van der Waals surface area contributed by atoms with E-state index in [9.17, 15) is 4.79 Å². The summed E-state index contributed by atoms with van der Waals surface area (Å²) in [5.74, 6) is -0.268. The lowest BCUT2D eigenvalue weighted by Crippen LogP contribution is -2.26. The number of nitrogens with two attached hydrogens (primary N) is 1. The van der Waals surface area contributed by atoms with Gasteiger partial charge in [0.15, 0.2) is 5.11 Å². The molecule has 0 spiro atoms. The molecule has 0 heterocycles. The highest BCUT2D eigenvalue weighted by atomic mass is 35.5. The van der Waals surface area contributed by atoms with Crippen LogP contribution in [0.5, 0.6) is 0 Å². The quantitative estimate of drug-likeness (QED) is 0.453. The minimum atomic E-state index is -0.268. The van der Waals surface area contributed by atoms with Crippen LogP contribution in [0.2, 0.25) is 10.0 Å². The molecule has 8 heteroatoms. The summed E-state index contributed by atoms with van der Waals surface area (Å²) in [6.45, 7) is 1.67. The molecular formula is C11H12Cl2N4OS. The first-order chi connectivity index (χ1) is 8.88. The molecule has 102 valence electrons. The molecule has 0 aliphatic heterocycles. The number of nitrogens with zero attached hydrogens (tertiary/aromatic N) is 1. The van der Waals surface area contributed by atoms with Gasteiger partial charge in [0.05, 0.1) is 17.1 Å². The first-order valence-corrected chi connectivity index (χ1v) is 6.38. The number of hydrazone groups is 1. The largest absolute Gasteiger partial charge is 0.375 e. The van der Waals surface area contributed by atoms with E-state index in [0.29, 0.717) is 21.4 Å². The van der Waals surface area contributed by atoms with Gasteiger partial charge in [-0.15, -0.1) is 0 Å². The highest BCUT2D eigenvalue weighted by molar-refractivity contribution is 7.80. The third-order valence-electron chi connectivity index (χ3n) is 1.98. The van der Waals surface area contributed by atoms with Crippen molar-refractivity contribution < 1.29 is 4.79 Å². The molecule has 0 saturated carbocycles. The van der Waals surface area contributed by atoms with Crippen molar-refractivity contribution in [2.75, 3.05) is 5.32 Å². The Morgan fingerprint density at radius 3 is 2.79 bits per heavy atom. The molecular weight excluding hydrogens is 307 g/mol. The third kappa shape index (κ3) is 5.87. The predicted octanol–water partition coefficient (Wildman–Crippen LogP) is 2.53. The molecule has 1 aromatic rings. The van der Waals surface area contributed by atoms with E-state index in [1.165, 1.54) is 0 Å². The standard InChI is InChI=1S/C11H12Cl2N4OS/c1-6(16-17-11(14)19)4-10(18)15-9-5-7(12)2-3-8(9)13/h2-3,5H,4H2,1H3,(H,15,18)(H3,14,17,19). The third-order valence-corrected chi connectivity index (χ3v) is 2.63. The fraction of sp³-hybridized carbons (Fsp3) is 0.182. The zero-order valence-electron chi connectivity index (χ0n) is 10.0. The molecule has 0 saturated heterocycles. The maximum absolute atomic E-state index is 11.7. The summed E-state index contributed by atoms with van der Waals surface area (Å²) in [4.78, 5) is 11.7. The molecule has 0 aliphatic rings. The Hall–Kier alpha value is -1.37. The second-order valence-corrected chi connectivity index (χ2v) is 4.96. The molecule has 0 bridgehead atoms. The van der Waals surface area contributed by atoms with Crippen molar-refractivity contribution in [3.63, 3.8) is 0 Å². The van der Waals surface area contributed by atoms with Crippen LogP contribution in [0.25, 0.3) is 0 Å². The van der Waals surface area contributed by atoms with Gasteiger partial charge in [0.2, 0.25) is 5.91 Å². The normalized spacial score (nSPS) is 11.0. The predicted molar refractivity (Wildman–Crippen MR) is 82.7 cm³/mol. The molecule has 1 aromatic carbocycles. The zero-order valence-corrected chi connectivity index (χ0v) is 12.4. The van der Waals surface area contributed by atoms with Crippen molar-refractivity contribution in [3.05, 3.63) is 28.2 Å². The lowest BCUT2D eigenvalue weighted by molar-refractivity contribution is -0.115. The summed E-state index contributed by atoms with van der Waals surface area (Å²) in [5.41, 5.74) is 8.60. The summed E-state index contributed by atoms with van der Waals surface area (Å²) in [6.07, 6.45) is 0.0818. The molecule has 0 aromatic heterocycles. The highest BCUT2D eigenvalue weighted by Crippen LogP contribution is 2.25. The minimum absolute atomic E-state index is 0.0395. The van der Waals surface area contributed by atoms with Crippen LogP contribution in [0, 0.1) is 0 Å². The number of rotatable bonds is 4. The summed E-state index contributed by atoms with van der Waals surface area (Å²) in [5, 5.41) is 7.40. The molecule has 0 radical (unpaired) electrons. The average Bonchev–Trinajstić information content (AvgIpc) is 2.31. The van der Waals surface area contributed by atoms with Crippen molar-refractivity contribution in [2.45, 2.75) is 13.3 Å². The van der Waals surface area contributed by atoms with E-state index in [1.807, 2.05) is 0 Å². The summed E-state index contributed by atoms with van der Waals surface area (Å²) >= 11 is 16.3. The van der Waals surface area contributed by atoms with Gasteiger partial charge in [0.1, 0.15) is 0 Å². The van der Waals surface area contributed by atoms with Crippen LogP contribution in [0.4, 0.5) is 5.69 Å². The monoisotopic (exact) mass is 318 g/mol. The summed E-state index contributed by atoms with van der Waals surface area (Å²) < 4.78 is 0. The Labute approximate surface area is 126 Å². The van der Waals surface area contributed by atoms with Gasteiger partial charge >= 0.3 is 0 Å². The molecule has 1 amide bonds. The van der Waals surface area contributed by atoms with Gasteiger partial charge in [0, 0.05) is 10.7 Å². The number of nitrogens with one attached hydrogen (secondary N) is 2. The smallest absolute Gasteiger partial charge is 0.230 e. The van der Waals surface area contributed by atoms with E-state index in [4.69, 9.17) is 28.9 Å². The van der Waals surface area contributed by atoms with E-state index in [1.54, 1.807) is 25.1 Å². The Morgan fingerprint density at radius 1 is 1.47 bits per heavy atom. The fourth-order valence-electron chi connectivity index (χ4n) is 1.21. The number of benzene rings is 1. The van der Waals surface area contributed by atoms with Gasteiger partial charge in [-0.1, -0.05) is 23.2 Å². The van der Waals surface area contributed by atoms with Gasteiger partial charge in [-0.05, 0) is 37.3 Å². The molecule has 5 nitrogen and oxygen atoms in total. The topological polar surface area (TPSA) is 79.5 Å². The summed E-state index contributed by atoms with van der Waals surface area (Å²) in [7, 11) is 0. The van der Waals surface area contributed by atoms with E-state index in [0.717, 1.165) is 0 Å². The Bertz CT molecular complexity index is 533. The number of amides is 1. The highest BCUT2D eigenvalue weighted by Gasteiger charge is 2.08. The van der Waals surface area contributed by atoms with E-state index in [-0.39, 0.29) is 17.4 Å². The van der Waals surface area contributed by atoms with Crippen LogP contribution in [0.3, 0.4) is 0 Å². The Morgan fingerprint density at radius 2 is 2.16 bits per heavy atom. The number of carbonyl (C=O) groups is 1. The van der Waals surface area contributed by atoms with Crippen LogP contribution in [-0.2, 0) is 4.79 Å². The van der Waals surface area contributed by atoms with Crippen molar-refractivity contribution in [1.29, 1.82) is 0 Å². The van der Waals surface area contributed by atoms with Crippen molar-refractivity contribution >= 4 is 57.8 Å². The maximum Gasteiger partial charge on any atom is 0.230 e. The first-order valence-electron chi connectivity index (χ1n) is 5.22. The number of hydrogen-bond acceptors (Lipinski definition) is 3. The van der Waals surface area contributed by atoms with Crippen LogP contribution in [0.1, 0.15) is 13.3 Å². The number of thiocarbonyl (C=S) groups is 1. The van der Waals surface area contributed by atoms with Crippen LogP contribution in [-0.4, -0.2) is 16.7 Å². The average molecular weight is 319 g/mol. The minimum Gasteiger partial charge on any atom is -0.375 e. The molecule has 0 aliphatic carbocycles. The van der Waals surface area contributed by atoms with Crippen LogP contribution in [0.15, 0.2) is 23.3 Å². The Balaban J connectivity index is 2.62. The van der Waals surface area contributed by atoms with Crippen molar-refractivity contribution in [2.24, 2.45) is 10.8 Å². The molecule has 0 atom stereocenters. The van der Waals surface area contributed by atoms with Gasteiger partial charge in [-0.25, -0.2) is 0 Å². The van der Waals surface area contributed by atoms with Crippen LogP contribution < -0.4 is 16.5 Å². The van der Waals surface area contributed by atoms with Gasteiger partial charge < -0.3 is 11.1 Å². The second kappa shape index (κ2) is 7.28. The van der Waals surface area contributed by atoms with Crippen molar-refractivity contribution in [3.8, 4) is 0 Å². The van der Waals surface area contributed by atoms with E-state index in [2.05, 4.69) is 28.1 Å². The first kappa shape index (κ1) is 15.7. The Kier molecular flexibility index (Phi) is 6.01. The molecule has 0 fully saturated rings. The van der Waals surface area contributed by atoms with Gasteiger partial charge in [-0.3, -0.25) is 10.2 Å². The summed E-state index contributed by atoms with van der Waals surface area (Å²) in [6, 6.07) is 4.81. The van der Waals surface area contributed by atoms with Gasteiger partial charge in [0.25, 0.3) is 0 Å². The number of halogens is 2. The van der Waals surface area contributed by atoms with Crippen molar-refractivity contribution in [1.82, 2.24) is 5.43 Å². The fourth-order valence-corrected chi connectivity index (χ4v) is 1.59. The van der Waals surface area contributed by atoms with Crippen LogP contribution >= 0.6 is 35.4 Å². The zero-order chi connectivity index (χ0) is 14.4. The number of anilines is 1. The lowest BCUT2D eigenvalue weighted by Gasteiger charge is -2.07. The van der Waals surface area contributed by atoms with Gasteiger partial charge in [-0.2, -0.15) is 5.10 Å². The number of hydrogen-bond donors (Lipinski definition) is 3. The van der Waals surface area contributed by atoms with E-state index < -0.39 is 0 Å². The molecule has 4 N–H and O–H groups in total. The van der Waals surface area contributed by atoms with E-state index >= 15 is 0 Å². The molecule has 1 rings (SSSR count). The number of carbonyl (C=O) groups excluding carboxylic acids is 1.